The molecule has 0 aromatic carbocycles. The van der Waals surface area contributed by atoms with Crippen molar-refractivity contribution in [3.05, 3.63) is 0 Å². The fraction of sp³-hybridized carbons (Fsp3) is 0.917. The summed E-state index contributed by atoms with van der Waals surface area (Å²) < 4.78 is 0. The average Bonchev–Trinajstić information content (AvgIpc) is 2.51. The minimum Gasteiger partial charge on any atom is -0.390 e. The molecule has 0 saturated heterocycles. The summed E-state index contributed by atoms with van der Waals surface area (Å²) in [7, 11) is 0. The topological polar surface area (TPSA) is 151 Å². The molecule has 0 aliphatic heterocycles. The molecule has 9 heteroatoms. The molecule has 0 heterocycles. The molecule has 0 radical (unpaired) electrons. The molecule has 9 nitrogen and oxygen atoms in total. The van der Waals surface area contributed by atoms with Crippen LogP contribution in [0.25, 0.3) is 0 Å². The third kappa shape index (κ3) is 3.22. The van der Waals surface area contributed by atoms with E-state index in [0.717, 1.165) is 0 Å². The van der Waals surface area contributed by atoms with Gasteiger partial charge in [0.25, 0.3) is 0 Å². The van der Waals surface area contributed by atoms with Gasteiger partial charge in [-0.15, -0.1) is 0 Å². The number of hydrogen-bond donors (Lipinski definition) is 6. The molecule has 2 atom stereocenters. The predicted octanol–water partition coefficient (Wildman–Crippen LogP) is -0.537. The molecule has 2 amide bonds. The van der Waals surface area contributed by atoms with E-state index in [1.165, 1.54) is 6.92 Å². The van der Waals surface area contributed by atoms with E-state index in [1.54, 1.807) is 4.90 Å². The summed E-state index contributed by atoms with van der Waals surface area (Å²) >= 11 is 0. The highest BCUT2D eigenvalue weighted by Crippen LogP contribution is 2.67. The number of nitrogens with zero attached hydrogens (tertiary/aromatic N) is 1. The Morgan fingerprint density at radius 3 is 1.55 bits per heavy atom. The fourth-order valence-corrected chi connectivity index (χ4v) is 10.5. The van der Waals surface area contributed by atoms with Crippen LogP contribution in [-0.2, 0) is 9.59 Å². The van der Waals surface area contributed by atoms with E-state index in [2.05, 4.69) is 5.32 Å². The quantitative estimate of drug-likeness (QED) is 0.327. The highest BCUT2D eigenvalue weighted by atomic mass is 16.3. The van der Waals surface area contributed by atoms with E-state index in [9.17, 15) is 35.1 Å². The first-order valence-corrected chi connectivity index (χ1v) is 12.3. The Bertz CT molecular complexity index is 864. The van der Waals surface area contributed by atoms with Gasteiger partial charge in [-0.25, -0.2) is 0 Å². The van der Waals surface area contributed by atoms with Crippen LogP contribution in [0, 0.1) is 5.92 Å². The lowest BCUT2D eigenvalue weighted by atomic mass is 9.44. The number of carbonyl (C=O) groups is 2. The van der Waals surface area contributed by atoms with Crippen LogP contribution in [0.2, 0.25) is 0 Å². The maximum atomic E-state index is 13.9. The molecule has 0 aromatic rings. The van der Waals surface area contributed by atoms with E-state index < -0.39 is 39.1 Å². The number of rotatable bonds is 4. The van der Waals surface area contributed by atoms with Crippen LogP contribution in [0.4, 0.5) is 0 Å². The Kier molecular flexibility index (Phi) is 4.11. The van der Waals surface area contributed by atoms with Crippen molar-refractivity contribution in [2.45, 2.75) is 123 Å². The fourth-order valence-electron chi connectivity index (χ4n) is 10.5. The van der Waals surface area contributed by atoms with Crippen molar-refractivity contribution in [2.75, 3.05) is 6.54 Å². The molecule has 0 aromatic heterocycles. The first-order valence-electron chi connectivity index (χ1n) is 12.3. The van der Waals surface area contributed by atoms with Crippen LogP contribution in [0.1, 0.15) is 84.0 Å². The van der Waals surface area contributed by atoms with E-state index in [0.29, 0.717) is 32.1 Å². The summed E-state index contributed by atoms with van der Waals surface area (Å²) in [6.07, 6.45) is 3.95. The third-order valence-electron chi connectivity index (χ3n) is 9.62. The van der Waals surface area contributed by atoms with Gasteiger partial charge in [-0.3, -0.25) is 9.59 Å². The molecule has 33 heavy (non-hydrogen) atoms. The van der Waals surface area contributed by atoms with Crippen LogP contribution >= 0.6 is 0 Å². The Labute approximate surface area is 193 Å². The van der Waals surface area contributed by atoms with Crippen LogP contribution < -0.4 is 5.32 Å². The van der Waals surface area contributed by atoms with E-state index in [-0.39, 0.29) is 69.2 Å². The number of hydrogen-bond acceptors (Lipinski definition) is 7. The van der Waals surface area contributed by atoms with Crippen LogP contribution in [0.15, 0.2) is 0 Å². The largest absolute Gasteiger partial charge is 0.390 e. The number of nitrogens with one attached hydrogen (secondary N) is 1. The van der Waals surface area contributed by atoms with Crippen molar-refractivity contribution < 1.29 is 35.1 Å². The van der Waals surface area contributed by atoms with Gasteiger partial charge in [0.2, 0.25) is 11.8 Å². The highest BCUT2D eigenvalue weighted by Gasteiger charge is 2.74. The molecule has 8 aliphatic rings. The molecule has 8 saturated carbocycles. The van der Waals surface area contributed by atoms with Gasteiger partial charge >= 0.3 is 0 Å². The standard InChI is InChI=1S/C24H36N2O7/c1-15(27)25-5-17(28)26(18-2-16-3-20(29,6-18)11-21(30,4-16)7-18)19-8-22(31)12-23(32,9-19)14-24(33,10-19)13-22/h16,29-33H,2-14H2,1H3,(H,25,27). The Hall–Kier alpha value is -1.26. The van der Waals surface area contributed by atoms with Crippen molar-refractivity contribution in [3.8, 4) is 0 Å². The van der Waals surface area contributed by atoms with Crippen molar-refractivity contribution in [1.29, 1.82) is 0 Å². The zero-order chi connectivity index (χ0) is 23.7. The Morgan fingerprint density at radius 1 is 0.697 bits per heavy atom. The molecule has 8 rings (SSSR count). The van der Waals surface area contributed by atoms with E-state index in [4.69, 9.17) is 0 Å². The monoisotopic (exact) mass is 464 g/mol. The minimum absolute atomic E-state index is 0.0653. The lowest BCUT2D eigenvalue weighted by Crippen LogP contribution is -2.82. The molecular formula is C24H36N2O7. The molecule has 8 bridgehead atoms. The summed E-state index contributed by atoms with van der Waals surface area (Å²) in [5, 5.41) is 59.6. The molecule has 184 valence electrons. The van der Waals surface area contributed by atoms with Gasteiger partial charge in [0.05, 0.1) is 40.1 Å². The number of carbonyl (C=O) groups excluding carboxylic acids is 2. The van der Waals surface area contributed by atoms with Crippen LogP contribution in [0.5, 0.6) is 0 Å². The zero-order valence-corrected chi connectivity index (χ0v) is 19.3. The second-order valence-electron chi connectivity index (χ2n) is 13.3. The first-order chi connectivity index (χ1) is 15.1. The molecule has 8 fully saturated rings. The van der Waals surface area contributed by atoms with E-state index in [1.807, 2.05) is 0 Å². The summed E-state index contributed by atoms with van der Waals surface area (Å²) in [5.74, 6) is -0.625. The van der Waals surface area contributed by atoms with Crippen molar-refractivity contribution in [1.82, 2.24) is 10.2 Å². The average molecular weight is 465 g/mol. The van der Waals surface area contributed by atoms with Crippen LogP contribution in [-0.4, -0.2) is 87.9 Å². The predicted molar refractivity (Wildman–Crippen MR) is 115 cm³/mol. The second-order valence-corrected chi connectivity index (χ2v) is 13.3. The lowest BCUT2D eigenvalue weighted by Gasteiger charge is -2.73. The number of amides is 2. The molecule has 0 spiro atoms. The van der Waals surface area contributed by atoms with Gasteiger partial charge in [-0.05, 0) is 57.3 Å². The van der Waals surface area contributed by atoms with Crippen molar-refractivity contribution in [2.24, 2.45) is 5.92 Å². The van der Waals surface area contributed by atoms with Gasteiger partial charge in [-0.1, -0.05) is 0 Å². The molecule has 8 aliphatic carbocycles. The smallest absolute Gasteiger partial charge is 0.242 e. The highest BCUT2D eigenvalue weighted by molar-refractivity contribution is 5.85. The Morgan fingerprint density at radius 2 is 1.12 bits per heavy atom. The second kappa shape index (κ2) is 6.10. The van der Waals surface area contributed by atoms with Gasteiger partial charge in [0.1, 0.15) is 0 Å². The number of aliphatic hydroxyl groups is 5. The minimum atomic E-state index is -1.29. The summed E-state index contributed by atoms with van der Waals surface area (Å²) in [6.45, 7) is 1.10. The van der Waals surface area contributed by atoms with Crippen molar-refractivity contribution in [3.63, 3.8) is 0 Å². The molecule has 6 N–H and O–H groups in total. The summed E-state index contributed by atoms with van der Waals surface area (Å²) in [6, 6.07) is 0. The summed E-state index contributed by atoms with van der Waals surface area (Å²) in [5.41, 5.74) is -7.89. The molecule has 2 unspecified atom stereocenters. The maximum absolute atomic E-state index is 13.9. The third-order valence-corrected chi connectivity index (χ3v) is 9.62. The lowest BCUT2D eigenvalue weighted by molar-refractivity contribution is -0.304. The van der Waals surface area contributed by atoms with E-state index >= 15 is 0 Å². The normalized spacial score (nSPS) is 55.6. The van der Waals surface area contributed by atoms with Crippen LogP contribution in [0.3, 0.4) is 0 Å². The van der Waals surface area contributed by atoms with Gasteiger partial charge < -0.3 is 35.7 Å². The maximum Gasteiger partial charge on any atom is 0.242 e. The van der Waals surface area contributed by atoms with Gasteiger partial charge in [0, 0.05) is 38.1 Å². The summed E-state index contributed by atoms with van der Waals surface area (Å²) in [4.78, 5) is 27.3. The van der Waals surface area contributed by atoms with Gasteiger partial charge in [-0.2, -0.15) is 0 Å². The zero-order valence-electron chi connectivity index (χ0n) is 19.3. The Balaban J connectivity index is 1.48. The first kappa shape index (κ1) is 22.2. The van der Waals surface area contributed by atoms with Gasteiger partial charge in [0.15, 0.2) is 0 Å². The SMILES string of the molecule is CC(=O)NCC(=O)N(C12CC3CC(O)(CC(O)(C3)C1)C2)C12CC3(O)CC(O)(CC(O)(C3)C1)C2. The van der Waals surface area contributed by atoms with Crippen molar-refractivity contribution >= 4 is 11.8 Å². The molecular weight excluding hydrogens is 428 g/mol.